The van der Waals surface area contributed by atoms with Crippen LogP contribution in [-0.2, 0) is 0 Å². The van der Waals surface area contributed by atoms with E-state index in [9.17, 15) is 4.79 Å². The van der Waals surface area contributed by atoms with Crippen molar-refractivity contribution in [2.24, 2.45) is 5.92 Å². The van der Waals surface area contributed by atoms with E-state index in [1.165, 1.54) is 0 Å². The number of rotatable bonds is 5. The first kappa shape index (κ1) is 19.3. The van der Waals surface area contributed by atoms with Crippen molar-refractivity contribution in [3.63, 3.8) is 0 Å². The van der Waals surface area contributed by atoms with Crippen molar-refractivity contribution >= 4 is 5.91 Å². The van der Waals surface area contributed by atoms with Crippen LogP contribution in [0.3, 0.4) is 0 Å². The van der Waals surface area contributed by atoms with E-state index in [0.717, 1.165) is 19.5 Å². The number of hydrogen-bond acceptors (Lipinski definition) is 7. The number of hydrogen-bond donors (Lipinski definition) is 0. The molecule has 8 heteroatoms. The van der Waals surface area contributed by atoms with Crippen LogP contribution in [0, 0.1) is 12.8 Å². The first-order valence-electron chi connectivity index (χ1n) is 9.31. The van der Waals surface area contributed by atoms with Gasteiger partial charge in [0.2, 0.25) is 11.8 Å². The second-order valence-corrected chi connectivity index (χ2v) is 7.28. The van der Waals surface area contributed by atoms with Gasteiger partial charge in [-0.05, 0) is 25.3 Å². The first-order chi connectivity index (χ1) is 13.0. The lowest BCUT2D eigenvalue weighted by Crippen LogP contribution is -2.39. The quantitative estimate of drug-likeness (QED) is 0.795. The standard InChI is InChI=1S/C19H27N5O3/c1-13(2)11-23-8-5-9-24(12-16(23)18-21-14(3)22-27-18)19(25)15-6-7-17(26-4)20-10-15/h6-7,10,13,16H,5,8-9,11-12H2,1-4H3. The highest BCUT2D eigenvalue weighted by molar-refractivity contribution is 5.94. The number of ether oxygens (including phenoxy) is 1. The van der Waals surface area contributed by atoms with E-state index in [2.05, 4.69) is 33.9 Å². The molecule has 0 spiro atoms. The molecule has 1 saturated heterocycles. The average Bonchev–Trinajstić information content (AvgIpc) is 2.98. The van der Waals surface area contributed by atoms with Gasteiger partial charge in [0.25, 0.3) is 5.91 Å². The number of carbonyl (C=O) groups excluding carboxylic acids is 1. The smallest absolute Gasteiger partial charge is 0.255 e. The van der Waals surface area contributed by atoms with E-state index < -0.39 is 0 Å². The fraction of sp³-hybridized carbons (Fsp3) is 0.579. The van der Waals surface area contributed by atoms with Crippen LogP contribution in [-0.4, -0.2) is 64.1 Å². The highest BCUT2D eigenvalue weighted by atomic mass is 16.5. The Morgan fingerprint density at radius 2 is 2.19 bits per heavy atom. The number of aromatic nitrogens is 3. The number of pyridine rings is 1. The normalized spacial score (nSPS) is 18.6. The van der Waals surface area contributed by atoms with E-state index in [-0.39, 0.29) is 11.9 Å². The lowest BCUT2D eigenvalue weighted by Gasteiger charge is -2.30. The predicted octanol–water partition coefficient (Wildman–Crippen LogP) is 2.33. The molecule has 3 heterocycles. The summed E-state index contributed by atoms with van der Waals surface area (Å²) in [5.41, 5.74) is 0.550. The molecule has 1 atom stereocenters. The van der Waals surface area contributed by atoms with Gasteiger partial charge in [0, 0.05) is 38.4 Å². The molecule has 0 bridgehead atoms. The third kappa shape index (κ3) is 4.63. The summed E-state index contributed by atoms with van der Waals surface area (Å²) in [5, 5.41) is 3.94. The molecular formula is C19H27N5O3. The first-order valence-corrected chi connectivity index (χ1v) is 9.31. The summed E-state index contributed by atoms with van der Waals surface area (Å²) in [7, 11) is 1.55. The van der Waals surface area contributed by atoms with Gasteiger partial charge in [-0.2, -0.15) is 4.98 Å². The molecule has 3 rings (SSSR count). The Kier molecular flexibility index (Phi) is 6.05. The summed E-state index contributed by atoms with van der Waals surface area (Å²) >= 11 is 0. The van der Waals surface area contributed by atoms with Gasteiger partial charge in [0.15, 0.2) is 5.82 Å². The van der Waals surface area contributed by atoms with Crippen molar-refractivity contribution in [3.8, 4) is 5.88 Å². The third-order valence-corrected chi connectivity index (χ3v) is 4.62. The summed E-state index contributed by atoms with van der Waals surface area (Å²) in [4.78, 5) is 25.8. The highest BCUT2D eigenvalue weighted by Crippen LogP contribution is 2.26. The maximum Gasteiger partial charge on any atom is 0.255 e. The number of carbonyl (C=O) groups is 1. The van der Waals surface area contributed by atoms with Crippen LogP contribution in [0.15, 0.2) is 22.9 Å². The zero-order valence-electron chi connectivity index (χ0n) is 16.4. The fourth-order valence-electron chi connectivity index (χ4n) is 3.40. The molecule has 27 heavy (non-hydrogen) atoms. The number of methoxy groups -OCH3 is 1. The highest BCUT2D eigenvalue weighted by Gasteiger charge is 2.32. The maximum atomic E-state index is 13.0. The second kappa shape index (κ2) is 8.47. The van der Waals surface area contributed by atoms with Gasteiger partial charge in [-0.25, -0.2) is 4.98 Å². The van der Waals surface area contributed by atoms with Crippen LogP contribution >= 0.6 is 0 Å². The van der Waals surface area contributed by atoms with Crippen LogP contribution < -0.4 is 4.74 Å². The Morgan fingerprint density at radius 1 is 1.37 bits per heavy atom. The minimum Gasteiger partial charge on any atom is -0.481 e. The SMILES string of the molecule is COc1ccc(C(=O)N2CCCN(CC(C)C)C(c3nc(C)no3)C2)cn1. The molecule has 1 aliphatic rings. The van der Waals surface area contributed by atoms with Crippen LogP contribution in [0.4, 0.5) is 0 Å². The lowest BCUT2D eigenvalue weighted by molar-refractivity contribution is 0.0708. The van der Waals surface area contributed by atoms with E-state index in [0.29, 0.717) is 42.2 Å². The van der Waals surface area contributed by atoms with Gasteiger partial charge in [0.05, 0.1) is 12.7 Å². The van der Waals surface area contributed by atoms with Gasteiger partial charge < -0.3 is 14.2 Å². The van der Waals surface area contributed by atoms with E-state index in [1.807, 2.05) is 11.8 Å². The molecule has 2 aromatic heterocycles. The Balaban J connectivity index is 1.83. The predicted molar refractivity (Wildman–Crippen MR) is 99.5 cm³/mol. The minimum atomic E-state index is -0.105. The summed E-state index contributed by atoms with van der Waals surface area (Å²) < 4.78 is 10.5. The van der Waals surface area contributed by atoms with Crippen molar-refractivity contribution in [2.45, 2.75) is 33.2 Å². The zero-order chi connectivity index (χ0) is 19.4. The monoisotopic (exact) mass is 373 g/mol. The molecule has 0 N–H and O–H groups in total. The number of amides is 1. The van der Waals surface area contributed by atoms with Crippen molar-refractivity contribution in [2.75, 3.05) is 33.3 Å². The molecular weight excluding hydrogens is 346 g/mol. The van der Waals surface area contributed by atoms with Crippen LogP contribution in [0.25, 0.3) is 0 Å². The molecule has 0 saturated carbocycles. The van der Waals surface area contributed by atoms with Crippen molar-refractivity contribution in [1.29, 1.82) is 0 Å². The summed E-state index contributed by atoms with van der Waals surface area (Å²) in [6.07, 6.45) is 2.45. The summed E-state index contributed by atoms with van der Waals surface area (Å²) in [5.74, 6) is 2.13. The van der Waals surface area contributed by atoms with Gasteiger partial charge in [0.1, 0.15) is 6.04 Å². The van der Waals surface area contributed by atoms with E-state index >= 15 is 0 Å². The topological polar surface area (TPSA) is 84.6 Å². The maximum absolute atomic E-state index is 13.0. The van der Waals surface area contributed by atoms with Crippen LogP contribution in [0.2, 0.25) is 0 Å². The van der Waals surface area contributed by atoms with Gasteiger partial charge in [-0.3, -0.25) is 9.69 Å². The molecule has 1 unspecified atom stereocenters. The third-order valence-electron chi connectivity index (χ3n) is 4.62. The minimum absolute atomic E-state index is 0.0437. The number of aryl methyl sites for hydroxylation is 1. The average molecular weight is 373 g/mol. The molecule has 0 aliphatic carbocycles. The Bertz CT molecular complexity index is 759. The van der Waals surface area contributed by atoms with Crippen molar-refractivity contribution in [1.82, 2.24) is 24.9 Å². The molecule has 0 radical (unpaired) electrons. The largest absolute Gasteiger partial charge is 0.481 e. The fourth-order valence-corrected chi connectivity index (χ4v) is 3.40. The summed E-state index contributed by atoms with van der Waals surface area (Å²) in [6.45, 7) is 9.18. The summed E-state index contributed by atoms with van der Waals surface area (Å²) in [6, 6.07) is 3.34. The molecule has 1 amide bonds. The molecule has 8 nitrogen and oxygen atoms in total. The van der Waals surface area contributed by atoms with Crippen molar-refractivity contribution in [3.05, 3.63) is 35.6 Å². The molecule has 146 valence electrons. The van der Waals surface area contributed by atoms with Crippen molar-refractivity contribution < 1.29 is 14.1 Å². The van der Waals surface area contributed by atoms with Crippen LogP contribution in [0.1, 0.15) is 48.4 Å². The van der Waals surface area contributed by atoms with E-state index in [4.69, 9.17) is 9.26 Å². The van der Waals surface area contributed by atoms with Gasteiger partial charge >= 0.3 is 0 Å². The lowest BCUT2D eigenvalue weighted by atomic mass is 10.1. The van der Waals surface area contributed by atoms with Gasteiger partial charge in [-0.1, -0.05) is 19.0 Å². The van der Waals surface area contributed by atoms with Crippen LogP contribution in [0.5, 0.6) is 5.88 Å². The van der Waals surface area contributed by atoms with Gasteiger partial charge in [-0.15, -0.1) is 0 Å². The Labute approximate surface area is 159 Å². The second-order valence-electron chi connectivity index (χ2n) is 7.28. The molecule has 2 aromatic rings. The molecule has 1 aliphatic heterocycles. The Morgan fingerprint density at radius 3 is 2.78 bits per heavy atom. The number of nitrogens with zero attached hydrogens (tertiary/aromatic N) is 5. The zero-order valence-corrected chi connectivity index (χ0v) is 16.4. The Hall–Kier alpha value is -2.48. The molecule has 1 fully saturated rings. The molecule has 0 aromatic carbocycles. The van der Waals surface area contributed by atoms with E-state index in [1.54, 1.807) is 25.4 Å².